The molecule has 44 heavy (non-hydrogen) atoms. The molecule has 0 fully saturated rings. The number of benzene rings is 5. The Labute approximate surface area is 274 Å². The zero-order valence-corrected chi connectivity index (χ0v) is 27.5. The van der Waals surface area contributed by atoms with Gasteiger partial charge in [-0.05, 0) is 35.4 Å². The summed E-state index contributed by atoms with van der Waals surface area (Å²) in [5.41, 5.74) is 8.36. The van der Waals surface area contributed by atoms with Crippen LogP contribution in [0, 0.1) is 12.1 Å². The molecular formula is C39H28IrN2OS-2. The quantitative estimate of drug-likeness (QED) is 0.168. The van der Waals surface area contributed by atoms with Gasteiger partial charge in [-0.1, -0.05) is 86.1 Å². The summed E-state index contributed by atoms with van der Waals surface area (Å²) in [5.74, 6) is 0.544. The van der Waals surface area contributed by atoms with Gasteiger partial charge < -0.3 is 9.51 Å². The van der Waals surface area contributed by atoms with Gasteiger partial charge in [-0.2, -0.15) is 0 Å². The first-order valence-electron chi connectivity index (χ1n) is 14.4. The molecule has 8 aromatic rings. The summed E-state index contributed by atoms with van der Waals surface area (Å²) in [7, 11) is 0. The van der Waals surface area contributed by atoms with Crippen LogP contribution < -0.4 is 0 Å². The summed E-state index contributed by atoms with van der Waals surface area (Å²) < 4.78 is 8.12. The van der Waals surface area contributed by atoms with Crippen molar-refractivity contribution in [3.63, 3.8) is 0 Å². The van der Waals surface area contributed by atoms with Gasteiger partial charge in [0, 0.05) is 57.6 Å². The third-order valence-electron chi connectivity index (χ3n) is 7.58. The van der Waals surface area contributed by atoms with Gasteiger partial charge in [0.1, 0.15) is 0 Å². The van der Waals surface area contributed by atoms with E-state index >= 15 is 0 Å². The van der Waals surface area contributed by atoms with Crippen LogP contribution in [0.2, 0.25) is 0 Å². The number of thiophene rings is 1. The van der Waals surface area contributed by atoms with E-state index in [1.807, 2.05) is 72.1 Å². The zero-order chi connectivity index (χ0) is 29.2. The van der Waals surface area contributed by atoms with Gasteiger partial charge in [0.05, 0.1) is 0 Å². The summed E-state index contributed by atoms with van der Waals surface area (Å²) >= 11 is 1.84. The molecule has 0 atom stereocenters. The van der Waals surface area contributed by atoms with Crippen molar-refractivity contribution in [3.8, 4) is 33.6 Å². The fraction of sp³-hybridized carbons (Fsp3) is 0.0769. The van der Waals surface area contributed by atoms with Crippen LogP contribution >= 0.6 is 11.3 Å². The molecule has 3 aromatic heterocycles. The zero-order valence-electron chi connectivity index (χ0n) is 24.2. The minimum Gasteiger partial charge on any atom is -0.366 e. The molecule has 0 bridgehead atoms. The second kappa shape index (κ2) is 13.1. The topological polar surface area (TPSA) is 38.9 Å². The van der Waals surface area contributed by atoms with E-state index in [-0.39, 0.29) is 20.1 Å². The fourth-order valence-corrected chi connectivity index (χ4v) is 6.58. The average Bonchev–Trinajstić information content (AvgIpc) is 3.68. The molecule has 0 saturated carbocycles. The van der Waals surface area contributed by atoms with E-state index in [9.17, 15) is 0 Å². The van der Waals surface area contributed by atoms with E-state index in [4.69, 9.17) is 4.52 Å². The monoisotopic (exact) mass is 765 g/mol. The third kappa shape index (κ3) is 5.87. The smallest absolute Gasteiger partial charge is 0.157 e. The molecule has 0 saturated heterocycles. The van der Waals surface area contributed by atoms with Crippen LogP contribution in [-0.4, -0.2) is 10.1 Å². The SMILES string of the molecule is CC(C)c1cc[c-]c(-c2ccccn2)c1.[Ir].[c-]1ccc(-c2cccc3c2sc2ccccc23)cc1-c1noc2ccccc12. The van der Waals surface area contributed by atoms with Gasteiger partial charge in [-0.15, -0.1) is 81.7 Å². The number of rotatable bonds is 4. The number of pyridine rings is 1. The molecule has 0 unspecified atom stereocenters. The van der Waals surface area contributed by atoms with Gasteiger partial charge in [0.2, 0.25) is 0 Å². The molecular weight excluding hydrogens is 737 g/mol. The largest absolute Gasteiger partial charge is 0.366 e. The van der Waals surface area contributed by atoms with E-state index in [2.05, 4.69) is 103 Å². The van der Waals surface area contributed by atoms with Gasteiger partial charge in [-0.3, -0.25) is 0 Å². The van der Waals surface area contributed by atoms with Gasteiger partial charge in [0.15, 0.2) is 5.58 Å². The van der Waals surface area contributed by atoms with E-state index in [0.29, 0.717) is 5.92 Å². The molecule has 0 N–H and O–H groups in total. The van der Waals surface area contributed by atoms with E-state index in [1.54, 1.807) is 0 Å². The normalized spacial score (nSPS) is 11.0. The molecule has 5 aromatic carbocycles. The van der Waals surface area contributed by atoms with Crippen molar-refractivity contribution in [1.29, 1.82) is 0 Å². The van der Waals surface area contributed by atoms with Crippen molar-refractivity contribution in [3.05, 3.63) is 145 Å². The first-order valence-corrected chi connectivity index (χ1v) is 15.2. The second-order valence-electron chi connectivity index (χ2n) is 10.7. The van der Waals surface area contributed by atoms with E-state index in [0.717, 1.165) is 39.0 Å². The Morgan fingerprint density at radius 1 is 0.705 bits per heavy atom. The standard InChI is InChI=1S/C25H14NOS.C14H14N.Ir/c1-3-13-22-21(10-1)24(26-27-22)17-8-5-7-16(15-17)18-11-6-12-20-19-9-2-4-14-23(19)28-25(18)20;1-11(2)12-6-5-7-13(10-12)14-8-3-4-9-15-14;/h1-7,9-15H;3-6,8-11H,1-2H3;/q2*-1;. The summed E-state index contributed by atoms with van der Waals surface area (Å²) in [6, 6.07) is 48.0. The Kier molecular flexibility index (Phi) is 8.81. The van der Waals surface area contributed by atoms with Crippen LogP contribution in [0.5, 0.6) is 0 Å². The summed E-state index contributed by atoms with van der Waals surface area (Å²) in [4.78, 5) is 4.32. The van der Waals surface area contributed by atoms with Crippen LogP contribution in [0.3, 0.4) is 0 Å². The van der Waals surface area contributed by atoms with Gasteiger partial charge >= 0.3 is 0 Å². The van der Waals surface area contributed by atoms with Crippen LogP contribution in [0.15, 0.2) is 132 Å². The minimum atomic E-state index is 0. The second-order valence-corrected chi connectivity index (χ2v) is 11.8. The third-order valence-corrected chi connectivity index (χ3v) is 8.80. The molecule has 5 heteroatoms. The molecule has 0 amide bonds. The summed E-state index contributed by atoms with van der Waals surface area (Å²) in [6.07, 6.45) is 1.81. The molecule has 0 aliphatic rings. The number of hydrogen-bond donors (Lipinski definition) is 0. The van der Waals surface area contributed by atoms with Crippen LogP contribution in [0.4, 0.5) is 0 Å². The van der Waals surface area contributed by atoms with Crippen LogP contribution in [0.25, 0.3) is 64.8 Å². The van der Waals surface area contributed by atoms with Crippen molar-refractivity contribution < 1.29 is 24.6 Å². The van der Waals surface area contributed by atoms with Crippen molar-refractivity contribution in [2.75, 3.05) is 0 Å². The maximum absolute atomic E-state index is 5.49. The van der Waals surface area contributed by atoms with Crippen molar-refractivity contribution in [2.24, 2.45) is 0 Å². The molecule has 1 radical (unpaired) electrons. The number of aromatic nitrogens is 2. The maximum Gasteiger partial charge on any atom is 0.157 e. The molecule has 0 spiro atoms. The van der Waals surface area contributed by atoms with Gasteiger partial charge in [-0.25, -0.2) is 0 Å². The van der Waals surface area contributed by atoms with E-state index in [1.165, 1.54) is 31.3 Å². The molecule has 217 valence electrons. The van der Waals surface area contributed by atoms with Crippen molar-refractivity contribution in [1.82, 2.24) is 10.1 Å². The Morgan fingerprint density at radius 3 is 2.30 bits per heavy atom. The molecule has 3 heterocycles. The Bertz CT molecular complexity index is 2180. The van der Waals surface area contributed by atoms with Crippen molar-refractivity contribution in [2.45, 2.75) is 19.8 Å². The van der Waals surface area contributed by atoms with E-state index < -0.39 is 0 Å². The number of nitrogens with zero attached hydrogens (tertiary/aromatic N) is 2. The Balaban J connectivity index is 0.000000183. The predicted molar refractivity (Wildman–Crippen MR) is 179 cm³/mol. The Hall–Kier alpha value is -4.41. The number of fused-ring (bicyclic) bond motifs is 4. The summed E-state index contributed by atoms with van der Waals surface area (Å²) in [5, 5.41) is 7.92. The maximum atomic E-state index is 5.49. The predicted octanol–water partition coefficient (Wildman–Crippen LogP) is 11.0. The average molecular weight is 765 g/mol. The first-order chi connectivity index (χ1) is 21.2. The first kappa shape index (κ1) is 29.7. The number of hydrogen-bond acceptors (Lipinski definition) is 4. The molecule has 8 rings (SSSR count). The molecule has 3 nitrogen and oxygen atoms in total. The van der Waals surface area contributed by atoms with Gasteiger partial charge in [0.25, 0.3) is 0 Å². The number of para-hydroxylation sites is 1. The van der Waals surface area contributed by atoms with Crippen LogP contribution in [0.1, 0.15) is 25.3 Å². The minimum absolute atomic E-state index is 0. The molecule has 0 aliphatic heterocycles. The molecule has 0 aliphatic carbocycles. The fourth-order valence-electron chi connectivity index (χ4n) is 5.34. The van der Waals surface area contributed by atoms with Crippen molar-refractivity contribution >= 4 is 42.5 Å². The van der Waals surface area contributed by atoms with Crippen LogP contribution in [-0.2, 0) is 20.1 Å². The Morgan fingerprint density at radius 2 is 1.45 bits per heavy atom. The summed E-state index contributed by atoms with van der Waals surface area (Å²) in [6.45, 7) is 4.38.